The molecule has 5 heteroatoms. The summed E-state index contributed by atoms with van der Waals surface area (Å²) in [7, 11) is -3.20. The Morgan fingerprint density at radius 1 is 1.38 bits per heavy atom. The van der Waals surface area contributed by atoms with Crippen molar-refractivity contribution in [2.75, 3.05) is 7.11 Å². The van der Waals surface area contributed by atoms with Gasteiger partial charge in [-0.3, -0.25) is 4.52 Å². The summed E-state index contributed by atoms with van der Waals surface area (Å²) in [5, 5.41) is 0. The van der Waals surface area contributed by atoms with Crippen molar-refractivity contribution in [1.29, 1.82) is 0 Å². The van der Waals surface area contributed by atoms with E-state index >= 15 is 0 Å². The summed E-state index contributed by atoms with van der Waals surface area (Å²) in [6.45, 7) is 4.00. The molecule has 0 aliphatic rings. The number of phosphoric acid groups is 1. The van der Waals surface area contributed by atoms with Gasteiger partial charge in [0.25, 0.3) is 0 Å². The highest BCUT2D eigenvalue weighted by Crippen LogP contribution is 2.33. The summed E-state index contributed by atoms with van der Waals surface area (Å²) >= 11 is 0. The van der Waals surface area contributed by atoms with Gasteiger partial charge in [0.2, 0.25) is 0 Å². The van der Waals surface area contributed by atoms with Crippen molar-refractivity contribution >= 4 is 7.82 Å². The van der Waals surface area contributed by atoms with Gasteiger partial charge in [-0.05, 0) is 0 Å². The lowest BCUT2D eigenvalue weighted by atomic mass is 11.0. The summed E-state index contributed by atoms with van der Waals surface area (Å²) in [4.78, 5) is 15.4. The normalized spacial score (nSPS) is 9.62. The fraction of sp³-hybridized carbons (Fsp3) is 1.00. The number of hydrogen-bond acceptors (Lipinski definition) is 2. The van der Waals surface area contributed by atoms with Crippen molar-refractivity contribution in [3.8, 4) is 0 Å². The third-order valence-electron chi connectivity index (χ3n) is 0.238. The van der Waals surface area contributed by atoms with E-state index < -0.39 is 7.82 Å². The molecule has 4 nitrogen and oxygen atoms in total. The van der Waals surface area contributed by atoms with Crippen LogP contribution in [0.25, 0.3) is 0 Å². The summed E-state index contributed by atoms with van der Waals surface area (Å²) < 4.78 is 13.1. The molecule has 0 amide bonds. The van der Waals surface area contributed by atoms with Crippen LogP contribution in [-0.4, -0.2) is 16.9 Å². The molecule has 0 aromatic rings. The summed E-state index contributed by atoms with van der Waals surface area (Å²) in [6, 6.07) is 0. The summed E-state index contributed by atoms with van der Waals surface area (Å²) in [6.07, 6.45) is 0. The Kier molecular flexibility index (Phi) is 7.21. The highest BCUT2D eigenvalue weighted by molar-refractivity contribution is 7.46. The van der Waals surface area contributed by atoms with Crippen LogP contribution in [0.15, 0.2) is 0 Å². The second-order valence-electron chi connectivity index (χ2n) is 0.673. The second kappa shape index (κ2) is 5.25. The molecule has 52 valence electrons. The maximum absolute atomic E-state index is 9.47. The van der Waals surface area contributed by atoms with Crippen LogP contribution in [0.1, 0.15) is 13.8 Å². The molecule has 0 aliphatic carbocycles. The molecular weight excluding hydrogens is 131 g/mol. The van der Waals surface area contributed by atoms with Crippen LogP contribution in [-0.2, 0) is 9.09 Å². The highest BCUT2D eigenvalue weighted by atomic mass is 31.2. The molecule has 0 bridgehead atoms. The molecule has 0 aromatic heterocycles. The second-order valence-corrected chi connectivity index (χ2v) is 2.02. The smallest absolute Gasteiger partial charge is 0.303 e. The first-order chi connectivity index (χ1) is 3.56. The first kappa shape index (κ1) is 11.0. The number of hydrogen-bond donors (Lipinski definition) is 2. The predicted octanol–water partition coefficient (Wildman–Crippen LogP) is 0.752. The van der Waals surface area contributed by atoms with Crippen LogP contribution in [0.4, 0.5) is 0 Å². The van der Waals surface area contributed by atoms with Crippen LogP contribution in [0.3, 0.4) is 0 Å². The van der Waals surface area contributed by atoms with E-state index in [0.29, 0.717) is 0 Å². The molecule has 0 saturated carbocycles. The lowest BCUT2D eigenvalue weighted by Crippen LogP contribution is -1.76. The van der Waals surface area contributed by atoms with Gasteiger partial charge in [0, 0.05) is 7.11 Å². The Bertz CT molecular complexity index is 75.4. The van der Waals surface area contributed by atoms with Crippen LogP contribution in [0.5, 0.6) is 0 Å². The Labute approximate surface area is 48.7 Å². The molecule has 0 atom stereocenters. The molecule has 0 spiro atoms. The zero-order chi connectivity index (χ0) is 7.21. The van der Waals surface area contributed by atoms with E-state index in [4.69, 9.17) is 9.79 Å². The van der Waals surface area contributed by atoms with E-state index in [0.717, 1.165) is 7.11 Å². The molecule has 0 rings (SSSR count). The van der Waals surface area contributed by atoms with E-state index in [1.54, 1.807) is 0 Å². The Morgan fingerprint density at radius 2 is 1.50 bits per heavy atom. The fourth-order valence-corrected chi connectivity index (χ4v) is 0. The molecular formula is C3H11O4P. The van der Waals surface area contributed by atoms with Crippen LogP contribution < -0.4 is 0 Å². The van der Waals surface area contributed by atoms with Crippen molar-refractivity contribution in [2.24, 2.45) is 0 Å². The Hall–Kier alpha value is 0.110. The number of phosphoric ester groups is 1. The Balaban J connectivity index is 0. The monoisotopic (exact) mass is 142 g/mol. The van der Waals surface area contributed by atoms with Gasteiger partial charge < -0.3 is 9.79 Å². The fourth-order valence-electron chi connectivity index (χ4n) is 0. The largest absolute Gasteiger partial charge is 0.469 e. The van der Waals surface area contributed by atoms with Gasteiger partial charge in [0.05, 0.1) is 0 Å². The molecule has 0 aromatic carbocycles. The molecule has 0 saturated heterocycles. The van der Waals surface area contributed by atoms with E-state index in [2.05, 4.69) is 4.52 Å². The molecule has 0 unspecified atom stereocenters. The number of rotatable bonds is 1. The summed E-state index contributed by atoms with van der Waals surface area (Å²) in [5.41, 5.74) is 0. The summed E-state index contributed by atoms with van der Waals surface area (Å²) in [5.74, 6) is 0. The molecule has 2 N–H and O–H groups in total. The van der Waals surface area contributed by atoms with Crippen molar-refractivity contribution in [3.05, 3.63) is 0 Å². The zero-order valence-corrected chi connectivity index (χ0v) is 6.05. The van der Waals surface area contributed by atoms with E-state index in [-0.39, 0.29) is 0 Å². The topological polar surface area (TPSA) is 66.8 Å². The molecule has 0 heterocycles. The van der Waals surface area contributed by atoms with Crippen molar-refractivity contribution in [1.82, 2.24) is 0 Å². The zero-order valence-electron chi connectivity index (χ0n) is 5.16. The van der Waals surface area contributed by atoms with E-state index in [1.165, 1.54) is 0 Å². The Morgan fingerprint density at radius 3 is 1.50 bits per heavy atom. The van der Waals surface area contributed by atoms with E-state index in [9.17, 15) is 4.57 Å². The third kappa shape index (κ3) is 16.5. The van der Waals surface area contributed by atoms with E-state index in [1.807, 2.05) is 13.8 Å². The van der Waals surface area contributed by atoms with Gasteiger partial charge in [-0.1, -0.05) is 13.8 Å². The van der Waals surface area contributed by atoms with Crippen LogP contribution in [0, 0.1) is 0 Å². The molecule has 0 radical (unpaired) electrons. The van der Waals surface area contributed by atoms with Gasteiger partial charge in [0.15, 0.2) is 0 Å². The minimum atomic E-state index is -4.15. The molecule has 8 heavy (non-hydrogen) atoms. The van der Waals surface area contributed by atoms with Crippen LogP contribution >= 0.6 is 7.82 Å². The first-order valence-electron chi connectivity index (χ1n) is 2.17. The van der Waals surface area contributed by atoms with Crippen molar-refractivity contribution < 1.29 is 18.9 Å². The molecule has 0 aliphatic heterocycles. The SMILES string of the molecule is CC.COP(=O)(O)O. The van der Waals surface area contributed by atoms with Gasteiger partial charge in [-0.25, -0.2) is 4.57 Å². The van der Waals surface area contributed by atoms with Crippen LogP contribution in [0.2, 0.25) is 0 Å². The minimum absolute atomic E-state index is 0.945. The predicted molar refractivity (Wildman–Crippen MR) is 30.4 cm³/mol. The van der Waals surface area contributed by atoms with Gasteiger partial charge in [-0.2, -0.15) is 0 Å². The minimum Gasteiger partial charge on any atom is -0.303 e. The standard InChI is InChI=1S/C2H6.CH5O4P/c1-2;1-5-6(2,3)4/h1-2H3;1H3,(H2,2,3,4). The van der Waals surface area contributed by atoms with Gasteiger partial charge in [-0.15, -0.1) is 0 Å². The lowest BCUT2D eigenvalue weighted by molar-refractivity contribution is 0.235. The van der Waals surface area contributed by atoms with Gasteiger partial charge >= 0.3 is 7.82 Å². The van der Waals surface area contributed by atoms with Gasteiger partial charge in [0.1, 0.15) is 0 Å². The average molecular weight is 142 g/mol. The molecule has 0 fully saturated rings. The highest BCUT2D eigenvalue weighted by Gasteiger charge is 2.07. The maximum atomic E-state index is 9.47. The maximum Gasteiger partial charge on any atom is 0.469 e. The third-order valence-corrected chi connectivity index (χ3v) is 0.714. The van der Waals surface area contributed by atoms with Crippen molar-refractivity contribution in [3.63, 3.8) is 0 Å². The van der Waals surface area contributed by atoms with Crippen molar-refractivity contribution in [2.45, 2.75) is 13.8 Å². The average Bonchev–Trinajstić information content (AvgIpc) is 1.71. The first-order valence-corrected chi connectivity index (χ1v) is 3.70. The quantitative estimate of drug-likeness (QED) is 0.530. The lowest BCUT2D eigenvalue weighted by Gasteiger charge is -1.93.